The monoisotopic (exact) mass is 324 g/mol. The summed E-state index contributed by atoms with van der Waals surface area (Å²) in [6, 6.07) is 4.46. The number of fused-ring (bicyclic) bond motifs is 2. The van der Waals surface area contributed by atoms with Crippen LogP contribution in [0.2, 0.25) is 0 Å². The molecule has 3 aliphatic rings. The number of methoxy groups -OCH3 is 2. The largest absolute Gasteiger partial charge is 0.496 e. The van der Waals surface area contributed by atoms with Crippen LogP contribution >= 0.6 is 0 Å². The van der Waals surface area contributed by atoms with Gasteiger partial charge in [-0.1, -0.05) is 25.0 Å². The average Bonchev–Trinajstić information content (AvgIpc) is 2.66. The van der Waals surface area contributed by atoms with Crippen LogP contribution in [0.1, 0.15) is 55.2 Å². The van der Waals surface area contributed by atoms with E-state index in [0.29, 0.717) is 11.8 Å². The zero-order valence-electron chi connectivity index (χ0n) is 14.9. The van der Waals surface area contributed by atoms with E-state index in [1.54, 1.807) is 7.11 Å². The second-order valence-electron chi connectivity index (χ2n) is 7.38. The Hall–Kier alpha value is -1.70. The molecule has 2 heteroatoms. The van der Waals surface area contributed by atoms with Crippen LogP contribution in [0.3, 0.4) is 0 Å². The lowest BCUT2D eigenvalue weighted by atomic mass is 9.69. The summed E-state index contributed by atoms with van der Waals surface area (Å²) in [5.74, 6) is 3.33. The summed E-state index contributed by atoms with van der Waals surface area (Å²) < 4.78 is 11.7. The molecule has 2 nitrogen and oxygen atoms in total. The van der Waals surface area contributed by atoms with Gasteiger partial charge in [0.1, 0.15) is 11.5 Å². The maximum atomic E-state index is 5.83. The third-order valence-corrected chi connectivity index (χ3v) is 6.15. The second-order valence-corrected chi connectivity index (χ2v) is 7.38. The Balaban J connectivity index is 1.92. The van der Waals surface area contributed by atoms with Crippen molar-refractivity contribution < 1.29 is 9.47 Å². The molecule has 2 unspecified atom stereocenters. The highest BCUT2D eigenvalue weighted by Crippen LogP contribution is 2.49. The van der Waals surface area contributed by atoms with Crippen molar-refractivity contribution in [1.82, 2.24) is 0 Å². The SMILES string of the molecule is COC1=C(c2c(OC)ccc3c2CCCC3)C2CCCCC2C=C1. The molecule has 1 aromatic rings. The van der Waals surface area contributed by atoms with E-state index >= 15 is 0 Å². The molecular formula is C22H28O2. The summed E-state index contributed by atoms with van der Waals surface area (Å²) in [7, 11) is 3.61. The molecule has 24 heavy (non-hydrogen) atoms. The Kier molecular flexibility index (Phi) is 4.39. The van der Waals surface area contributed by atoms with Crippen molar-refractivity contribution in [2.24, 2.45) is 11.8 Å². The van der Waals surface area contributed by atoms with E-state index in [0.717, 1.165) is 11.5 Å². The van der Waals surface area contributed by atoms with Crippen molar-refractivity contribution in [1.29, 1.82) is 0 Å². The van der Waals surface area contributed by atoms with E-state index in [2.05, 4.69) is 24.3 Å². The van der Waals surface area contributed by atoms with Gasteiger partial charge in [0.2, 0.25) is 0 Å². The smallest absolute Gasteiger partial charge is 0.126 e. The van der Waals surface area contributed by atoms with E-state index in [9.17, 15) is 0 Å². The van der Waals surface area contributed by atoms with Gasteiger partial charge in [0.25, 0.3) is 0 Å². The van der Waals surface area contributed by atoms with E-state index in [4.69, 9.17) is 9.47 Å². The minimum Gasteiger partial charge on any atom is -0.496 e. The number of ether oxygens (including phenoxy) is 2. The Morgan fingerprint density at radius 2 is 1.75 bits per heavy atom. The molecule has 0 spiro atoms. The number of allylic oxidation sites excluding steroid dienone is 3. The summed E-state index contributed by atoms with van der Waals surface area (Å²) in [6.45, 7) is 0. The lowest BCUT2D eigenvalue weighted by Crippen LogP contribution is -2.24. The van der Waals surface area contributed by atoms with Crippen LogP contribution in [-0.2, 0) is 17.6 Å². The molecule has 0 N–H and O–H groups in total. The standard InChI is InChI=1S/C22H28O2/c1-23-19-13-11-15-7-3-5-9-17(15)21(19)22-18-10-6-4-8-16(18)12-14-20(22)24-2/h11-15,17H,3-10H2,1-2H3. The molecule has 128 valence electrons. The first-order valence-corrected chi connectivity index (χ1v) is 9.49. The van der Waals surface area contributed by atoms with Gasteiger partial charge in [-0.2, -0.15) is 0 Å². The Labute approximate surface area is 145 Å². The Morgan fingerprint density at radius 1 is 0.917 bits per heavy atom. The molecule has 0 bridgehead atoms. The van der Waals surface area contributed by atoms with Crippen molar-refractivity contribution in [2.75, 3.05) is 14.2 Å². The molecule has 0 saturated heterocycles. The summed E-state index contributed by atoms with van der Waals surface area (Å²) in [4.78, 5) is 0. The van der Waals surface area contributed by atoms with Gasteiger partial charge in [-0.25, -0.2) is 0 Å². The molecule has 0 aliphatic heterocycles. The summed E-state index contributed by atoms with van der Waals surface area (Å²) in [6.07, 6.45) is 14.8. The summed E-state index contributed by atoms with van der Waals surface area (Å²) in [5, 5.41) is 0. The minimum atomic E-state index is 0.584. The fourth-order valence-electron chi connectivity index (χ4n) is 4.99. The second kappa shape index (κ2) is 6.66. The molecule has 1 saturated carbocycles. The molecule has 1 aromatic carbocycles. The van der Waals surface area contributed by atoms with Crippen molar-refractivity contribution in [3.05, 3.63) is 46.7 Å². The molecular weight excluding hydrogens is 296 g/mol. The molecule has 2 atom stereocenters. The van der Waals surface area contributed by atoms with Gasteiger partial charge in [0, 0.05) is 11.1 Å². The first kappa shape index (κ1) is 15.8. The molecule has 3 aliphatic carbocycles. The first-order valence-electron chi connectivity index (χ1n) is 9.49. The number of hydrogen-bond donors (Lipinski definition) is 0. The fraction of sp³-hybridized carbons (Fsp3) is 0.545. The van der Waals surface area contributed by atoms with E-state index in [1.165, 1.54) is 73.6 Å². The normalized spacial score (nSPS) is 25.9. The van der Waals surface area contributed by atoms with Crippen LogP contribution in [0.25, 0.3) is 5.57 Å². The lowest BCUT2D eigenvalue weighted by Gasteiger charge is -2.37. The van der Waals surface area contributed by atoms with Crippen molar-refractivity contribution >= 4 is 5.57 Å². The van der Waals surface area contributed by atoms with Gasteiger partial charge < -0.3 is 9.47 Å². The average molecular weight is 324 g/mol. The van der Waals surface area contributed by atoms with Crippen LogP contribution in [0.4, 0.5) is 0 Å². The topological polar surface area (TPSA) is 18.5 Å². The maximum absolute atomic E-state index is 5.83. The summed E-state index contributed by atoms with van der Waals surface area (Å²) >= 11 is 0. The van der Waals surface area contributed by atoms with Gasteiger partial charge in [0.05, 0.1) is 14.2 Å². The van der Waals surface area contributed by atoms with Crippen molar-refractivity contribution in [3.8, 4) is 5.75 Å². The van der Waals surface area contributed by atoms with Crippen LogP contribution < -0.4 is 4.74 Å². The van der Waals surface area contributed by atoms with Crippen LogP contribution in [-0.4, -0.2) is 14.2 Å². The quantitative estimate of drug-likeness (QED) is 0.750. The number of rotatable bonds is 3. The predicted molar refractivity (Wildman–Crippen MR) is 98.2 cm³/mol. The van der Waals surface area contributed by atoms with Gasteiger partial charge >= 0.3 is 0 Å². The molecule has 1 fully saturated rings. The van der Waals surface area contributed by atoms with Gasteiger partial charge in [-0.05, 0) is 73.6 Å². The highest BCUT2D eigenvalue weighted by molar-refractivity contribution is 5.80. The minimum absolute atomic E-state index is 0.584. The molecule has 0 heterocycles. The van der Waals surface area contributed by atoms with Crippen LogP contribution in [0, 0.1) is 11.8 Å². The highest BCUT2D eigenvalue weighted by atomic mass is 16.5. The van der Waals surface area contributed by atoms with E-state index in [-0.39, 0.29) is 0 Å². The van der Waals surface area contributed by atoms with E-state index < -0.39 is 0 Å². The number of hydrogen-bond acceptors (Lipinski definition) is 2. The van der Waals surface area contributed by atoms with Crippen molar-refractivity contribution in [3.63, 3.8) is 0 Å². The van der Waals surface area contributed by atoms with Crippen LogP contribution in [0.15, 0.2) is 30.0 Å². The number of aryl methyl sites for hydroxylation is 1. The molecule has 0 amide bonds. The Bertz CT molecular complexity index is 683. The molecule has 0 aromatic heterocycles. The summed E-state index contributed by atoms with van der Waals surface area (Å²) in [5.41, 5.74) is 5.81. The Morgan fingerprint density at radius 3 is 2.58 bits per heavy atom. The zero-order valence-corrected chi connectivity index (χ0v) is 14.9. The number of benzene rings is 1. The van der Waals surface area contributed by atoms with Gasteiger partial charge in [-0.15, -0.1) is 0 Å². The van der Waals surface area contributed by atoms with E-state index in [1.807, 2.05) is 7.11 Å². The zero-order chi connectivity index (χ0) is 16.5. The molecule has 0 radical (unpaired) electrons. The molecule has 4 rings (SSSR count). The van der Waals surface area contributed by atoms with Gasteiger partial charge in [-0.3, -0.25) is 0 Å². The fourth-order valence-corrected chi connectivity index (χ4v) is 4.99. The van der Waals surface area contributed by atoms with Gasteiger partial charge in [0.15, 0.2) is 0 Å². The van der Waals surface area contributed by atoms with Crippen LogP contribution in [0.5, 0.6) is 5.75 Å². The maximum Gasteiger partial charge on any atom is 0.126 e. The third kappa shape index (κ3) is 2.56. The third-order valence-electron chi connectivity index (χ3n) is 6.15. The van der Waals surface area contributed by atoms with Crippen molar-refractivity contribution in [2.45, 2.75) is 51.4 Å². The highest BCUT2D eigenvalue weighted by Gasteiger charge is 2.35. The predicted octanol–water partition coefficient (Wildman–Crippen LogP) is 5.31. The lowest BCUT2D eigenvalue weighted by molar-refractivity contribution is 0.282. The first-order chi connectivity index (χ1) is 11.8.